The topological polar surface area (TPSA) is 43.8 Å². The molecule has 0 fully saturated rings. The summed E-state index contributed by atoms with van der Waals surface area (Å²) in [7, 11) is 0. The molecule has 0 atom stereocenters. The van der Waals surface area contributed by atoms with Crippen molar-refractivity contribution in [3.05, 3.63) is 65.5 Å². The monoisotopic (exact) mass is 279 g/mol. The van der Waals surface area contributed by atoms with E-state index in [4.69, 9.17) is 10.7 Å². The largest absolute Gasteiger partial charge is 0.326 e. The fourth-order valence-corrected chi connectivity index (χ4v) is 2.68. The number of imidazole rings is 1. The third-order valence-electron chi connectivity index (χ3n) is 3.81. The molecule has 1 heterocycles. The van der Waals surface area contributed by atoms with Gasteiger partial charge in [0.1, 0.15) is 5.82 Å². The third-order valence-corrected chi connectivity index (χ3v) is 3.81. The molecule has 3 aromatic rings. The van der Waals surface area contributed by atoms with Crippen LogP contribution >= 0.6 is 0 Å². The molecule has 2 N–H and O–H groups in total. The van der Waals surface area contributed by atoms with Crippen molar-refractivity contribution in [3.8, 4) is 0 Å². The van der Waals surface area contributed by atoms with Gasteiger partial charge >= 0.3 is 0 Å². The van der Waals surface area contributed by atoms with Gasteiger partial charge in [-0.15, -0.1) is 0 Å². The van der Waals surface area contributed by atoms with Crippen molar-refractivity contribution >= 4 is 11.0 Å². The minimum absolute atomic E-state index is 0.593. The Morgan fingerprint density at radius 3 is 2.43 bits per heavy atom. The maximum atomic E-state index is 5.66. The fourth-order valence-electron chi connectivity index (χ4n) is 2.68. The first-order valence-electron chi connectivity index (χ1n) is 7.54. The standard InChI is InChI=1S/C18H21N3/c1-2-5-18-20-16-6-3-4-7-17(16)21(18)13-15-10-8-14(12-19)9-11-15/h3-4,6-11H,2,5,12-13,19H2,1H3. The van der Waals surface area contributed by atoms with Gasteiger partial charge in [0.15, 0.2) is 0 Å². The van der Waals surface area contributed by atoms with Crippen molar-refractivity contribution in [1.29, 1.82) is 0 Å². The highest BCUT2D eigenvalue weighted by atomic mass is 15.1. The molecule has 3 nitrogen and oxygen atoms in total. The Hall–Kier alpha value is -2.13. The highest BCUT2D eigenvalue weighted by molar-refractivity contribution is 5.76. The zero-order valence-electron chi connectivity index (χ0n) is 12.4. The molecule has 3 rings (SSSR count). The first-order valence-corrected chi connectivity index (χ1v) is 7.54. The molecule has 0 aliphatic rings. The van der Waals surface area contributed by atoms with E-state index in [1.165, 1.54) is 22.5 Å². The number of aromatic nitrogens is 2. The highest BCUT2D eigenvalue weighted by Gasteiger charge is 2.09. The maximum Gasteiger partial charge on any atom is 0.110 e. The van der Waals surface area contributed by atoms with Crippen LogP contribution in [-0.4, -0.2) is 9.55 Å². The van der Waals surface area contributed by atoms with E-state index in [9.17, 15) is 0 Å². The predicted octanol–water partition coefficient (Wildman–Crippen LogP) is 3.50. The van der Waals surface area contributed by atoms with E-state index in [0.29, 0.717) is 6.54 Å². The predicted molar refractivity (Wildman–Crippen MR) is 87.2 cm³/mol. The lowest BCUT2D eigenvalue weighted by Gasteiger charge is -2.09. The first kappa shape index (κ1) is 13.8. The second kappa shape index (κ2) is 6.10. The van der Waals surface area contributed by atoms with Gasteiger partial charge in [0.05, 0.1) is 11.0 Å². The van der Waals surface area contributed by atoms with Crippen LogP contribution in [0.15, 0.2) is 48.5 Å². The minimum Gasteiger partial charge on any atom is -0.326 e. The quantitative estimate of drug-likeness (QED) is 0.777. The Balaban J connectivity index is 1.99. The highest BCUT2D eigenvalue weighted by Crippen LogP contribution is 2.19. The molecule has 0 spiro atoms. The molecule has 2 aromatic carbocycles. The molecule has 1 aromatic heterocycles. The first-order chi connectivity index (χ1) is 10.3. The fraction of sp³-hybridized carbons (Fsp3) is 0.278. The molecule has 0 saturated carbocycles. The Morgan fingerprint density at radius 1 is 1.00 bits per heavy atom. The second-order valence-corrected chi connectivity index (χ2v) is 5.37. The lowest BCUT2D eigenvalue weighted by Crippen LogP contribution is -2.05. The van der Waals surface area contributed by atoms with Crippen molar-refractivity contribution in [2.24, 2.45) is 5.73 Å². The van der Waals surface area contributed by atoms with Crippen LogP contribution in [0.2, 0.25) is 0 Å². The molecular weight excluding hydrogens is 258 g/mol. The normalized spacial score (nSPS) is 11.1. The van der Waals surface area contributed by atoms with E-state index in [-0.39, 0.29) is 0 Å². The van der Waals surface area contributed by atoms with E-state index >= 15 is 0 Å². The molecule has 0 unspecified atom stereocenters. The summed E-state index contributed by atoms with van der Waals surface area (Å²) in [5.74, 6) is 1.17. The van der Waals surface area contributed by atoms with Gasteiger partial charge in [0, 0.05) is 19.5 Å². The van der Waals surface area contributed by atoms with Gasteiger partial charge in [0.2, 0.25) is 0 Å². The van der Waals surface area contributed by atoms with E-state index in [1.807, 2.05) is 6.07 Å². The molecule has 108 valence electrons. The zero-order valence-corrected chi connectivity index (χ0v) is 12.4. The summed E-state index contributed by atoms with van der Waals surface area (Å²) < 4.78 is 2.33. The van der Waals surface area contributed by atoms with Crippen LogP contribution < -0.4 is 5.73 Å². The van der Waals surface area contributed by atoms with E-state index in [2.05, 4.69) is 54.0 Å². The van der Waals surface area contributed by atoms with Crippen molar-refractivity contribution in [2.75, 3.05) is 0 Å². The number of hydrogen-bond donors (Lipinski definition) is 1. The number of hydrogen-bond acceptors (Lipinski definition) is 2. The van der Waals surface area contributed by atoms with Gasteiger partial charge in [-0.3, -0.25) is 0 Å². The van der Waals surface area contributed by atoms with Crippen LogP contribution in [-0.2, 0) is 19.5 Å². The van der Waals surface area contributed by atoms with Gasteiger partial charge in [-0.1, -0.05) is 43.3 Å². The molecule has 0 bridgehead atoms. The number of nitrogens with zero attached hydrogens (tertiary/aromatic N) is 2. The molecule has 0 aliphatic heterocycles. The second-order valence-electron chi connectivity index (χ2n) is 5.37. The van der Waals surface area contributed by atoms with Crippen LogP contribution in [0, 0.1) is 0 Å². The van der Waals surface area contributed by atoms with E-state index in [1.54, 1.807) is 0 Å². The Kier molecular flexibility index (Phi) is 4.02. The zero-order chi connectivity index (χ0) is 14.7. The van der Waals surface area contributed by atoms with Gasteiger partial charge in [-0.05, 0) is 29.7 Å². The average molecular weight is 279 g/mol. The average Bonchev–Trinajstić information content (AvgIpc) is 2.86. The SMILES string of the molecule is CCCc1nc2ccccc2n1Cc1ccc(CN)cc1. The molecule has 0 radical (unpaired) electrons. The van der Waals surface area contributed by atoms with Gasteiger partial charge < -0.3 is 10.3 Å². The summed E-state index contributed by atoms with van der Waals surface area (Å²) in [6, 6.07) is 16.9. The van der Waals surface area contributed by atoms with Gasteiger partial charge in [-0.25, -0.2) is 4.98 Å². The number of benzene rings is 2. The van der Waals surface area contributed by atoms with E-state index in [0.717, 1.165) is 24.9 Å². The molecule has 3 heteroatoms. The van der Waals surface area contributed by atoms with Crippen LogP contribution in [0.4, 0.5) is 0 Å². The molecule has 0 saturated heterocycles. The summed E-state index contributed by atoms with van der Waals surface area (Å²) >= 11 is 0. The van der Waals surface area contributed by atoms with Crippen molar-refractivity contribution in [1.82, 2.24) is 9.55 Å². The molecule has 0 amide bonds. The summed E-state index contributed by atoms with van der Waals surface area (Å²) in [5, 5.41) is 0. The smallest absolute Gasteiger partial charge is 0.110 e. The number of para-hydroxylation sites is 2. The number of fused-ring (bicyclic) bond motifs is 1. The third kappa shape index (κ3) is 2.83. The van der Waals surface area contributed by atoms with E-state index < -0.39 is 0 Å². The molecule has 21 heavy (non-hydrogen) atoms. The summed E-state index contributed by atoms with van der Waals surface area (Å²) in [4.78, 5) is 4.78. The van der Waals surface area contributed by atoms with Crippen molar-refractivity contribution < 1.29 is 0 Å². The Bertz CT molecular complexity index is 726. The van der Waals surface area contributed by atoms with Crippen LogP contribution in [0.25, 0.3) is 11.0 Å². The lowest BCUT2D eigenvalue weighted by molar-refractivity contribution is 0.721. The summed E-state index contributed by atoms with van der Waals surface area (Å²) in [5.41, 5.74) is 10.4. The van der Waals surface area contributed by atoms with Gasteiger partial charge in [-0.2, -0.15) is 0 Å². The summed E-state index contributed by atoms with van der Waals surface area (Å²) in [6.07, 6.45) is 2.12. The number of rotatable bonds is 5. The number of nitrogens with two attached hydrogens (primary N) is 1. The van der Waals surface area contributed by atoms with Gasteiger partial charge in [0.25, 0.3) is 0 Å². The van der Waals surface area contributed by atoms with Crippen molar-refractivity contribution in [3.63, 3.8) is 0 Å². The minimum atomic E-state index is 0.593. The van der Waals surface area contributed by atoms with Crippen LogP contribution in [0.1, 0.15) is 30.3 Å². The summed E-state index contributed by atoms with van der Waals surface area (Å²) in [6.45, 7) is 3.65. The Morgan fingerprint density at radius 2 is 1.71 bits per heavy atom. The van der Waals surface area contributed by atoms with Crippen LogP contribution in [0.5, 0.6) is 0 Å². The maximum absolute atomic E-state index is 5.66. The lowest BCUT2D eigenvalue weighted by atomic mass is 10.1. The van der Waals surface area contributed by atoms with Crippen molar-refractivity contribution in [2.45, 2.75) is 32.9 Å². The molecular formula is C18H21N3. The molecule has 0 aliphatic carbocycles. The number of aryl methyl sites for hydroxylation is 1. The Labute approximate surface area is 125 Å². The van der Waals surface area contributed by atoms with Crippen LogP contribution in [0.3, 0.4) is 0 Å².